The third-order valence-electron chi connectivity index (χ3n) is 6.01. The molecule has 4 heterocycles. The minimum absolute atomic E-state index is 0.247. The molecule has 5 rings (SSSR count). The number of fused-ring (bicyclic) bond motifs is 4. The van der Waals surface area contributed by atoms with Crippen LogP contribution in [0.15, 0.2) is 30.6 Å². The molecule has 3 aliphatic rings. The van der Waals surface area contributed by atoms with E-state index >= 15 is 0 Å². The topological polar surface area (TPSA) is 61.5 Å². The summed E-state index contributed by atoms with van der Waals surface area (Å²) in [6.45, 7) is 8.45. The molecule has 2 bridgehead atoms. The lowest BCUT2D eigenvalue weighted by molar-refractivity contribution is -0.134. The summed E-state index contributed by atoms with van der Waals surface area (Å²) in [5, 5.41) is 0. The summed E-state index contributed by atoms with van der Waals surface area (Å²) < 4.78 is 5.49. The predicted molar refractivity (Wildman–Crippen MR) is 108 cm³/mol. The third-order valence-corrected chi connectivity index (χ3v) is 6.01. The summed E-state index contributed by atoms with van der Waals surface area (Å²) in [5.74, 6) is 1.66. The number of aryl methyl sites for hydroxylation is 1. The number of carbonyl (C=O) groups excluding carboxylic acids is 1. The van der Waals surface area contributed by atoms with E-state index in [1.807, 2.05) is 31.2 Å². The van der Waals surface area contributed by atoms with Crippen LogP contribution in [0.1, 0.15) is 36.7 Å². The summed E-state index contributed by atoms with van der Waals surface area (Å²) in [5.41, 5.74) is 3.31. The quantitative estimate of drug-likeness (QED) is 0.835. The SMILES string of the molecule is CCOc1ccc(CC(=O)N2C[C@H]3CC[C@@H]2CN(Cc2nc[nH]c2C)C3)cc1. The number of rotatable bonds is 6. The molecule has 3 saturated heterocycles. The maximum atomic E-state index is 13.1. The molecule has 1 N–H and O–H groups in total. The second kappa shape index (κ2) is 8.35. The third kappa shape index (κ3) is 4.22. The number of nitrogens with zero attached hydrogens (tertiary/aromatic N) is 3. The summed E-state index contributed by atoms with van der Waals surface area (Å²) in [7, 11) is 0. The first kappa shape index (κ1) is 19.0. The van der Waals surface area contributed by atoms with E-state index in [-0.39, 0.29) is 5.91 Å². The van der Waals surface area contributed by atoms with Crippen LogP contribution >= 0.6 is 0 Å². The van der Waals surface area contributed by atoms with Gasteiger partial charge in [0.25, 0.3) is 0 Å². The Hall–Kier alpha value is -2.34. The van der Waals surface area contributed by atoms with Crippen molar-refractivity contribution < 1.29 is 9.53 Å². The minimum atomic E-state index is 0.247. The van der Waals surface area contributed by atoms with Gasteiger partial charge >= 0.3 is 0 Å². The van der Waals surface area contributed by atoms with Crippen molar-refractivity contribution in [2.75, 3.05) is 26.2 Å². The van der Waals surface area contributed by atoms with Gasteiger partial charge in [0.2, 0.25) is 5.91 Å². The van der Waals surface area contributed by atoms with Crippen molar-refractivity contribution >= 4 is 5.91 Å². The largest absolute Gasteiger partial charge is 0.494 e. The first-order valence-corrected chi connectivity index (χ1v) is 10.3. The molecule has 6 heteroatoms. The number of hydrogen-bond donors (Lipinski definition) is 1. The van der Waals surface area contributed by atoms with E-state index < -0.39 is 0 Å². The van der Waals surface area contributed by atoms with Crippen molar-refractivity contribution in [3.05, 3.63) is 47.5 Å². The lowest BCUT2D eigenvalue weighted by atomic mass is 9.94. The van der Waals surface area contributed by atoms with Crippen molar-refractivity contribution in [3.63, 3.8) is 0 Å². The summed E-state index contributed by atoms with van der Waals surface area (Å²) in [6.07, 6.45) is 4.56. The number of carbonyl (C=O) groups is 1. The Kier molecular flexibility index (Phi) is 5.67. The molecular formula is C22H30N4O2. The predicted octanol–water partition coefficient (Wildman–Crippen LogP) is 2.78. The van der Waals surface area contributed by atoms with Gasteiger partial charge in [-0.05, 0) is 50.3 Å². The summed E-state index contributed by atoms with van der Waals surface area (Å²) in [6, 6.07) is 8.23. The molecule has 0 unspecified atom stereocenters. The van der Waals surface area contributed by atoms with Crippen LogP contribution in [-0.4, -0.2) is 58.0 Å². The number of ether oxygens (including phenoxy) is 1. The van der Waals surface area contributed by atoms with Crippen LogP contribution in [0.3, 0.4) is 0 Å². The van der Waals surface area contributed by atoms with E-state index in [1.165, 1.54) is 6.42 Å². The van der Waals surface area contributed by atoms with Crippen molar-refractivity contribution in [2.24, 2.45) is 5.92 Å². The Labute approximate surface area is 166 Å². The second-order valence-corrected chi connectivity index (χ2v) is 8.07. The number of H-pyrrole nitrogens is 1. The van der Waals surface area contributed by atoms with E-state index in [9.17, 15) is 4.79 Å². The molecule has 2 atom stereocenters. The molecule has 0 spiro atoms. The van der Waals surface area contributed by atoms with Crippen molar-refractivity contribution in [2.45, 2.75) is 45.7 Å². The highest BCUT2D eigenvalue weighted by Crippen LogP contribution is 2.29. The molecule has 3 aliphatic heterocycles. The Morgan fingerprint density at radius 1 is 1.21 bits per heavy atom. The molecule has 6 nitrogen and oxygen atoms in total. The number of hydrogen-bond acceptors (Lipinski definition) is 4. The average molecular weight is 383 g/mol. The normalized spacial score (nSPS) is 22.3. The van der Waals surface area contributed by atoms with E-state index in [0.717, 1.165) is 55.3 Å². The van der Waals surface area contributed by atoms with Crippen LogP contribution in [0.5, 0.6) is 5.75 Å². The molecular weight excluding hydrogens is 352 g/mol. The van der Waals surface area contributed by atoms with Crippen LogP contribution in [0.2, 0.25) is 0 Å². The fourth-order valence-corrected chi connectivity index (χ4v) is 4.52. The van der Waals surface area contributed by atoms with Gasteiger partial charge in [-0.25, -0.2) is 4.98 Å². The number of imidazole rings is 1. The van der Waals surface area contributed by atoms with E-state index in [0.29, 0.717) is 25.0 Å². The van der Waals surface area contributed by atoms with Gasteiger partial charge in [-0.15, -0.1) is 0 Å². The highest BCUT2D eigenvalue weighted by atomic mass is 16.5. The molecule has 1 amide bonds. The van der Waals surface area contributed by atoms with Crippen molar-refractivity contribution in [1.82, 2.24) is 19.8 Å². The highest BCUT2D eigenvalue weighted by Gasteiger charge is 2.37. The number of aromatic nitrogens is 2. The van der Waals surface area contributed by atoms with Crippen LogP contribution in [-0.2, 0) is 17.8 Å². The van der Waals surface area contributed by atoms with Crippen LogP contribution in [0.25, 0.3) is 0 Å². The van der Waals surface area contributed by atoms with Crippen molar-refractivity contribution in [1.29, 1.82) is 0 Å². The number of amides is 1. The van der Waals surface area contributed by atoms with Crippen LogP contribution in [0, 0.1) is 12.8 Å². The van der Waals surface area contributed by atoms with Gasteiger partial charge in [-0.2, -0.15) is 0 Å². The zero-order valence-corrected chi connectivity index (χ0v) is 16.9. The maximum absolute atomic E-state index is 13.1. The first-order valence-electron chi connectivity index (χ1n) is 10.3. The molecule has 150 valence electrons. The highest BCUT2D eigenvalue weighted by molar-refractivity contribution is 5.79. The minimum Gasteiger partial charge on any atom is -0.494 e. The molecule has 0 saturated carbocycles. The Bertz CT molecular complexity index is 801. The van der Waals surface area contributed by atoms with Gasteiger partial charge in [0.1, 0.15) is 5.75 Å². The molecule has 3 fully saturated rings. The molecule has 0 aliphatic carbocycles. The molecule has 28 heavy (non-hydrogen) atoms. The number of nitrogens with one attached hydrogen (secondary N) is 1. The smallest absolute Gasteiger partial charge is 0.227 e. The van der Waals surface area contributed by atoms with Gasteiger partial charge in [0, 0.05) is 37.9 Å². The monoisotopic (exact) mass is 382 g/mol. The van der Waals surface area contributed by atoms with Gasteiger partial charge in [0.15, 0.2) is 0 Å². The van der Waals surface area contributed by atoms with Crippen LogP contribution < -0.4 is 4.74 Å². The average Bonchev–Trinajstić information content (AvgIpc) is 2.90. The maximum Gasteiger partial charge on any atom is 0.227 e. The molecule has 2 aromatic rings. The fourth-order valence-electron chi connectivity index (χ4n) is 4.52. The number of aromatic amines is 1. The van der Waals surface area contributed by atoms with E-state index in [2.05, 4.69) is 26.7 Å². The summed E-state index contributed by atoms with van der Waals surface area (Å²) in [4.78, 5) is 25.3. The molecule has 0 radical (unpaired) electrons. The second-order valence-electron chi connectivity index (χ2n) is 8.07. The lowest BCUT2D eigenvalue weighted by Crippen LogP contribution is -2.48. The zero-order valence-electron chi connectivity index (χ0n) is 16.9. The van der Waals surface area contributed by atoms with Gasteiger partial charge in [-0.3, -0.25) is 9.69 Å². The molecule has 1 aromatic carbocycles. The zero-order chi connectivity index (χ0) is 19.5. The van der Waals surface area contributed by atoms with E-state index in [4.69, 9.17) is 4.74 Å². The van der Waals surface area contributed by atoms with Gasteiger partial charge < -0.3 is 14.6 Å². The Balaban J connectivity index is 1.40. The number of piperidine rings is 1. The summed E-state index contributed by atoms with van der Waals surface area (Å²) >= 11 is 0. The Morgan fingerprint density at radius 3 is 2.75 bits per heavy atom. The van der Waals surface area contributed by atoms with Gasteiger partial charge in [0.05, 0.1) is 25.0 Å². The van der Waals surface area contributed by atoms with Crippen molar-refractivity contribution in [3.8, 4) is 5.75 Å². The standard InChI is InChI=1S/C22H30N4O2/c1-3-28-20-8-5-17(6-9-20)10-22(27)26-12-18-4-7-19(26)13-25(11-18)14-21-16(2)23-15-24-21/h5-6,8-9,15,18-19H,3-4,7,10-14H2,1-2H3,(H,23,24)/t18-,19+/m0/s1. The van der Waals surface area contributed by atoms with Gasteiger partial charge in [-0.1, -0.05) is 12.1 Å². The fraction of sp³-hybridized carbons (Fsp3) is 0.545. The van der Waals surface area contributed by atoms with Crippen LogP contribution in [0.4, 0.5) is 0 Å². The van der Waals surface area contributed by atoms with E-state index in [1.54, 1.807) is 6.33 Å². The molecule has 1 aromatic heterocycles. The Morgan fingerprint density at radius 2 is 2.04 bits per heavy atom. The number of benzene rings is 1. The first-order chi connectivity index (χ1) is 13.6. The lowest BCUT2D eigenvalue weighted by Gasteiger charge is -2.36.